The molecule has 5 atom stereocenters. The number of ether oxygens (including phenoxy) is 2. The fraction of sp³-hybridized carbons (Fsp3) is 0.750. The molecule has 0 aromatic carbocycles. The molecule has 2 aliphatic heterocycles. The van der Waals surface area contributed by atoms with Gasteiger partial charge in [-0.2, -0.15) is 0 Å². The highest BCUT2D eigenvalue weighted by Crippen LogP contribution is 2.28. The van der Waals surface area contributed by atoms with E-state index in [9.17, 15) is 9.90 Å². The van der Waals surface area contributed by atoms with Gasteiger partial charge in [0.15, 0.2) is 6.23 Å². The standard InChI is InChI=1S/C12H21N3O5/c1-12(13-2)4-5-15(11(18)14-12)10-9(19-3)8(17)7(6-16)20-10/h4-5,7-10,13,16-17H,6H2,1-3H3,(H,14,18)/t7-,8-,9-,10-,12?/m1/s1. The van der Waals surface area contributed by atoms with Crippen molar-refractivity contribution in [1.82, 2.24) is 15.5 Å². The predicted octanol–water partition coefficient (Wildman–Crippen LogP) is -1.45. The molecule has 0 aromatic rings. The average molecular weight is 287 g/mol. The van der Waals surface area contributed by atoms with E-state index in [2.05, 4.69) is 10.6 Å². The van der Waals surface area contributed by atoms with Gasteiger partial charge in [-0.15, -0.1) is 0 Å². The van der Waals surface area contributed by atoms with Crippen molar-refractivity contribution in [2.24, 2.45) is 0 Å². The van der Waals surface area contributed by atoms with Gasteiger partial charge in [-0.25, -0.2) is 4.79 Å². The summed E-state index contributed by atoms with van der Waals surface area (Å²) in [5.74, 6) is 0. The maximum atomic E-state index is 12.2. The first kappa shape index (κ1) is 15.2. The fourth-order valence-corrected chi connectivity index (χ4v) is 2.32. The molecule has 1 unspecified atom stereocenters. The number of rotatable bonds is 4. The summed E-state index contributed by atoms with van der Waals surface area (Å²) in [6, 6.07) is -0.373. The van der Waals surface area contributed by atoms with Gasteiger partial charge in [0.2, 0.25) is 0 Å². The molecule has 20 heavy (non-hydrogen) atoms. The van der Waals surface area contributed by atoms with Crippen LogP contribution in [0.25, 0.3) is 0 Å². The molecule has 1 saturated heterocycles. The quantitative estimate of drug-likeness (QED) is 0.505. The van der Waals surface area contributed by atoms with E-state index in [0.29, 0.717) is 0 Å². The molecule has 2 rings (SSSR count). The van der Waals surface area contributed by atoms with E-state index in [1.807, 2.05) is 6.92 Å². The minimum atomic E-state index is -0.992. The summed E-state index contributed by atoms with van der Waals surface area (Å²) in [6.45, 7) is 1.47. The van der Waals surface area contributed by atoms with Crippen LogP contribution in [0.4, 0.5) is 4.79 Å². The highest BCUT2D eigenvalue weighted by Gasteiger charge is 2.48. The lowest BCUT2D eigenvalue weighted by molar-refractivity contribution is -0.0745. The summed E-state index contributed by atoms with van der Waals surface area (Å²) in [6.07, 6.45) is 0.0746. The Kier molecular flexibility index (Phi) is 4.31. The first-order chi connectivity index (χ1) is 9.45. The molecule has 114 valence electrons. The van der Waals surface area contributed by atoms with Crippen LogP contribution in [0.15, 0.2) is 12.3 Å². The Morgan fingerprint density at radius 2 is 2.35 bits per heavy atom. The number of hydrogen-bond donors (Lipinski definition) is 4. The minimum Gasteiger partial charge on any atom is -0.394 e. The minimum absolute atomic E-state index is 0.342. The van der Waals surface area contributed by atoms with Gasteiger partial charge in [-0.05, 0) is 20.0 Å². The highest BCUT2D eigenvalue weighted by molar-refractivity contribution is 5.78. The number of carbonyl (C=O) groups is 1. The van der Waals surface area contributed by atoms with E-state index < -0.39 is 30.2 Å². The smallest absolute Gasteiger partial charge is 0.325 e. The van der Waals surface area contributed by atoms with Gasteiger partial charge in [0.25, 0.3) is 0 Å². The average Bonchev–Trinajstić information content (AvgIpc) is 2.75. The third-order valence-electron chi connectivity index (χ3n) is 3.73. The maximum absolute atomic E-state index is 12.2. The first-order valence-corrected chi connectivity index (χ1v) is 6.41. The maximum Gasteiger partial charge on any atom is 0.325 e. The van der Waals surface area contributed by atoms with Crippen molar-refractivity contribution in [2.75, 3.05) is 20.8 Å². The van der Waals surface area contributed by atoms with E-state index in [4.69, 9.17) is 14.6 Å². The summed E-state index contributed by atoms with van der Waals surface area (Å²) in [5.41, 5.74) is -0.635. The van der Waals surface area contributed by atoms with Crippen molar-refractivity contribution in [3.05, 3.63) is 12.3 Å². The molecule has 8 heteroatoms. The van der Waals surface area contributed by atoms with Gasteiger partial charge in [0.1, 0.15) is 24.0 Å². The SMILES string of the molecule is CNC1(C)C=CN([C@@H]2O[C@H](CO)[C@@H](O)[C@H]2OC)C(=O)N1. The van der Waals surface area contributed by atoms with E-state index in [-0.39, 0.29) is 12.6 Å². The molecule has 4 N–H and O–H groups in total. The van der Waals surface area contributed by atoms with Crippen molar-refractivity contribution < 1.29 is 24.5 Å². The van der Waals surface area contributed by atoms with Crippen LogP contribution in [0.3, 0.4) is 0 Å². The number of amides is 2. The second-order valence-electron chi connectivity index (χ2n) is 5.04. The van der Waals surface area contributed by atoms with Crippen molar-refractivity contribution >= 4 is 6.03 Å². The molecule has 0 saturated carbocycles. The van der Waals surface area contributed by atoms with Crippen molar-refractivity contribution in [2.45, 2.75) is 37.1 Å². The van der Waals surface area contributed by atoms with Crippen LogP contribution >= 0.6 is 0 Å². The van der Waals surface area contributed by atoms with Crippen molar-refractivity contribution in [1.29, 1.82) is 0 Å². The second-order valence-corrected chi connectivity index (χ2v) is 5.04. The van der Waals surface area contributed by atoms with Crippen LogP contribution in [-0.4, -0.2) is 72.1 Å². The normalized spacial score (nSPS) is 41.0. The van der Waals surface area contributed by atoms with Gasteiger partial charge in [0.05, 0.1) is 6.61 Å². The Hall–Kier alpha value is -1.19. The molecule has 8 nitrogen and oxygen atoms in total. The largest absolute Gasteiger partial charge is 0.394 e. The molecule has 0 spiro atoms. The molecular formula is C12H21N3O5. The van der Waals surface area contributed by atoms with E-state index in [1.54, 1.807) is 19.3 Å². The van der Waals surface area contributed by atoms with Gasteiger partial charge < -0.3 is 25.0 Å². The summed E-state index contributed by atoms with van der Waals surface area (Å²) in [4.78, 5) is 13.5. The number of methoxy groups -OCH3 is 1. The number of hydrogen-bond acceptors (Lipinski definition) is 6. The molecule has 0 aliphatic carbocycles. The Balaban J connectivity index is 2.19. The molecule has 2 aliphatic rings. The zero-order valence-corrected chi connectivity index (χ0v) is 11.7. The van der Waals surface area contributed by atoms with Crippen molar-refractivity contribution in [3.8, 4) is 0 Å². The molecular weight excluding hydrogens is 266 g/mol. The van der Waals surface area contributed by atoms with Crippen LogP contribution in [-0.2, 0) is 9.47 Å². The lowest BCUT2D eigenvalue weighted by Gasteiger charge is -2.38. The highest BCUT2D eigenvalue weighted by atomic mass is 16.6. The number of likely N-dealkylation sites (N-methyl/N-ethyl adjacent to an activating group) is 1. The summed E-state index contributed by atoms with van der Waals surface area (Å²) >= 11 is 0. The van der Waals surface area contributed by atoms with Crippen LogP contribution < -0.4 is 10.6 Å². The summed E-state index contributed by atoms with van der Waals surface area (Å²) in [7, 11) is 3.16. The van der Waals surface area contributed by atoms with Crippen LogP contribution in [0, 0.1) is 0 Å². The van der Waals surface area contributed by atoms with Gasteiger partial charge in [0, 0.05) is 13.3 Å². The van der Waals surface area contributed by atoms with Gasteiger partial charge >= 0.3 is 6.03 Å². The number of aliphatic hydroxyl groups is 2. The summed E-state index contributed by atoms with van der Waals surface area (Å²) in [5, 5.41) is 24.9. The zero-order chi connectivity index (χ0) is 14.9. The lowest BCUT2D eigenvalue weighted by Crippen LogP contribution is -2.62. The number of nitrogens with one attached hydrogen (secondary N) is 2. The monoisotopic (exact) mass is 287 g/mol. The molecule has 1 fully saturated rings. The van der Waals surface area contributed by atoms with E-state index >= 15 is 0 Å². The molecule has 2 amide bonds. The number of nitrogens with zero attached hydrogens (tertiary/aromatic N) is 1. The number of urea groups is 1. The third-order valence-corrected chi connectivity index (χ3v) is 3.73. The van der Waals surface area contributed by atoms with Crippen molar-refractivity contribution in [3.63, 3.8) is 0 Å². The number of carbonyl (C=O) groups excluding carboxylic acids is 1. The zero-order valence-electron chi connectivity index (χ0n) is 11.7. The van der Waals surface area contributed by atoms with Gasteiger partial charge in [-0.3, -0.25) is 10.2 Å². The molecule has 0 aromatic heterocycles. The Labute approximate surface area is 117 Å². The van der Waals surface area contributed by atoms with Gasteiger partial charge in [-0.1, -0.05) is 0 Å². The summed E-state index contributed by atoms with van der Waals surface area (Å²) < 4.78 is 10.7. The lowest BCUT2D eigenvalue weighted by atomic mass is 10.1. The first-order valence-electron chi connectivity index (χ1n) is 6.41. The number of aliphatic hydroxyl groups excluding tert-OH is 2. The van der Waals surface area contributed by atoms with Crippen LogP contribution in [0.1, 0.15) is 6.92 Å². The van der Waals surface area contributed by atoms with E-state index in [0.717, 1.165) is 0 Å². The topological polar surface area (TPSA) is 103 Å². The van der Waals surface area contributed by atoms with Crippen LogP contribution in [0.5, 0.6) is 0 Å². The Morgan fingerprint density at radius 1 is 1.65 bits per heavy atom. The van der Waals surface area contributed by atoms with E-state index in [1.165, 1.54) is 12.0 Å². The Bertz CT molecular complexity index is 405. The third kappa shape index (κ3) is 2.52. The molecule has 2 heterocycles. The fourth-order valence-electron chi connectivity index (χ4n) is 2.32. The Morgan fingerprint density at radius 3 is 2.85 bits per heavy atom. The molecule has 0 radical (unpaired) electrons. The van der Waals surface area contributed by atoms with Crippen LogP contribution in [0.2, 0.25) is 0 Å². The predicted molar refractivity (Wildman–Crippen MR) is 69.5 cm³/mol. The molecule has 0 bridgehead atoms. The second kappa shape index (κ2) is 5.66.